The third-order valence-electron chi connectivity index (χ3n) is 5.74. The van der Waals surface area contributed by atoms with E-state index in [-0.39, 0.29) is 0 Å². The first-order valence-electron chi connectivity index (χ1n) is 10.5. The molecule has 2 fully saturated rings. The molecule has 5 heteroatoms. The number of anilines is 2. The molecule has 5 nitrogen and oxygen atoms in total. The molecule has 0 amide bonds. The van der Waals surface area contributed by atoms with Gasteiger partial charge in [-0.2, -0.15) is 4.98 Å². The molecule has 4 rings (SSSR count). The zero-order valence-electron chi connectivity index (χ0n) is 16.2. The smallest absolute Gasteiger partial charge is 0.224 e. The summed E-state index contributed by atoms with van der Waals surface area (Å²) in [5.41, 5.74) is 1.40. The number of likely N-dealkylation sites (tertiary alicyclic amines) is 1. The summed E-state index contributed by atoms with van der Waals surface area (Å²) in [5.74, 6) is 1.87. The van der Waals surface area contributed by atoms with Gasteiger partial charge in [-0.15, -0.1) is 0 Å². The van der Waals surface area contributed by atoms with Crippen LogP contribution < -0.4 is 10.2 Å². The Morgan fingerprint density at radius 2 is 1.63 bits per heavy atom. The number of hydrogen-bond acceptors (Lipinski definition) is 5. The predicted octanol–water partition coefficient (Wildman–Crippen LogP) is 3.93. The van der Waals surface area contributed by atoms with E-state index in [4.69, 9.17) is 4.98 Å². The van der Waals surface area contributed by atoms with Gasteiger partial charge in [-0.25, -0.2) is 4.98 Å². The molecule has 2 aromatic rings. The summed E-state index contributed by atoms with van der Waals surface area (Å²) >= 11 is 0. The molecule has 2 aliphatic heterocycles. The molecule has 144 valence electrons. The highest BCUT2D eigenvalue weighted by Gasteiger charge is 2.20. The minimum absolute atomic E-state index is 0.469. The van der Waals surface area contributed by atoms with Gasteiger partial charge in [0.05, 0.1) is 0 Å². The van der Waals surface area contributed by atoms with Gasteiger partial charge in [0.25, 0.3) is 0 Å². The van der Waals surface area contributed by atoms with Crippen molar-refractivity contribution < 1.29 is 0 Å². The van der Waals surface area contributed by atoms with Gasteiger partial charge in [0.2, 0.25) is 5.95 Å². The quantitative estimate of drug-likeness (QED) is 0.870. The molecular weight excluding hydrogens is 334 g/mol. The first-order chi connectivity index (χ1) is 13.4. The van der Waals surface area contributed by atoms with E-state index in [9.17, 15) is 0 Å². The Morgan fingerprint density at radius 1 is 0.889 bits per heavy atom. The molecule has 0 saturated carbocycles. The Morgan fingerprint density at radius 3 is 2.37 bits per heavy atom. The molecule has 0 spiro atoms. The number of piperidine rings is 1. The first kappa shape index (κ1) is 18.2. The average molecular weight is 366 g/mol. The number of benzene rings is 1. The number of aromatic nitrogens is 2. The number of rotatable bonds is 5. The van der Waals surface area contributed by atoms with E-state index in [0.29, 0.717) is 6.04 Å². The maximum atomic E-state index is 4.81. The second kappa shape index (κ2) is 9.18. The molecule has 0 unspecified atom stereocenters. The minimum atomic E-state index is 0.469. The lowest BCUT2D eigenvalue weighted by Gasteiger charge is -2.32. The van der Waals surface area contributed by atoms with E-state index < -0.39 is 0 Å². The van der Waals surface area contributed by atoms with Crippen molar-refractivity contribution >= 4 is 11.8 Å². The summed E-state index contributed by atoms with van der Waals surface area (Å²) in [6.45, 7) is 5.54. The SMILES string of the molecule is c1ccc(CN2CCC(Nc3nccc(N4CCCCCC4)n3)CC2)cc1. The van der Waals surface area contributed by atoms with E-state index in [1.165, 1.54) is 31.2 Å². The van der Waals surface area contributed by atoms with Crippen molar-refractivity contribution in [3.63, 3.8) is 0 Å². The van der Waals surface area contributed by atoms with Crippen LogP contribution in [0.3, 0.4) is 0 Å². The fraction of sp³-hybridized carbons (Fsp3) is 0.545. The molecule has 1 N–H and O–H groups in total. The van der Waals surface area contributed by atoms with Crippen LogP contribution in [-0.4, -0.2) is 47.1 Å². The van der Waals surface area contributed by atoms with Crippen LogP contribution in [0.25, 0.3) is 0 Å². The summed E-state index contributed by atoms with van der Waals surface area (Å²) < 4.78 is 0. The number of hydrogen-bond donors (Lipinski definition) is 1. The fourth-order valence-corrected chi connectivity index (χ4v) is 4.15. The minimum Gasteiger partial charge on any atom is -0.356 e. The standard InChI is InChI=1S/C22H31N5/c1-2-7-15-27(14-6-1)21-10-13-23-22(25-21)24-20-11-16-26(17-12-20)18-19-8-4-3-5-9-19/h3-5,8-10,13,20H,1-2,6-7,11-12,14-18H2,(H,23,24,25). The van der Waals surface area contributed by atoms with E-state index in [2.05, 4.69) is 56.5 Å². The molecule has 0 aliphatic carbocycles. The predicted molar refractivity (Wildman–Crippen MR) is 111 cm³/mol. The van der Waals surface area contributed by atoms with Gasteiger partial charge < -0.3 is 10.2 Å². The molecule has 0 atom stereocenters. The highest BCUT2D eigenvalue weighted by atomic mass is 15.2. The maximum absolute atomic E-state index is 4.81. The summed E-state index contributed by atoms with van der Waals surface area (Å²) in [6, 6.07) is 13.3. The summed E-state index contributed by atoms with van der Waals surface area (Å²) in [7, 11) is 0. The van der Waals surface area contributed by atoms with E-state index in [0.717, 1.165) is 57.3 Å². The van der Waals surface area contributed by atoms with Crippen LogP contribution in [0.2, 0.25) is 0 Å². The van der Waals surface area contributed by atoms with Crippen molar-refractivity contribution in [2.45, 2.75) is 51.1 Å². The van der Waals surface area contributed by atoms with E-state index >= 15 is 0 Å². The molecule has 1 aromatic carbocycles. The van der Waals surface area contributed by atoms with Gasteiger partial charge in [-0.1, -0.05) is 43.2 Å². The summed E-state index contributed by atoms with van der Waals surface area (Å²) in [5, 5.41) is 3.58. The first-order valence-corrected chi connectivity index (χ1v) is 10.5. The lowest BCUT2D eigenvalue weighted by molar-refractivity contribution is 0.211. The van der Waals surface area contributed by atoms with Crippen LogP contribution in [0.1, 0.15) is 44.1 Å². The van der Waals surface area contributed by atoms with Gasteiger partial charge in [0.1, 0.15) is 5.82 Å². The van der Waals surface area contributed by atoms with Crippen LogP contribution >= 0.6 is 0 Å². The zero-order chi connectivity index (χ0) is 18.3. The van der Waals surface area contributed by atoms with Crippen LogP contribution in [-0.2, 0) is 6.54 Å². The molecular formula is C22H31N5. The van der Waals surface area contributed by atoms with E-state index in [1.807, 2.05) is 6.20 Å². The second-order valence-electron chi connectivity index (χ2n) is 7.82. The van der Waals surface area contributed by atoms with Crippen LogP contribution in [0.4, 0.5) is 11.8 Å². The largest absolute Gasteiger partial charge is 0.356 e. The fourth-order valence-electron chi connectivity index (χ4n) is 4.15. The highest BCUT2D eigenvalue weighted by Crippen LogP contribution is 2.20. The third-order valence-corrected chi connectivity index (χ3v) is 5.74. The summed E-state index contributed by atoms with van der Waals surface area (Å²) in [4.78, 5) is 14.2. The van der Waals surface area contributed by atoms with Gasteiger partial charge in [-0.3, -0.25) is 4.90 Å². The normalized spacial score (nSPS) is 19.6. The maximum Gasteiger partial charge on any atom is 0.224 e. The number of nitrogens with one attached hydrogen (secondary N) is 1. The van der Waals surface area contributed by atoms with Crippen molar-refractivity contribution in [3.05, 3.63) is 48.2 Å². The van der Waals surface area contributed by atoms with Gasteiger partial charge >= 0.3 is 0 Å². The Hall–Kier alpha value is -2.14. The Balaban J connectivity index is 1.29. The highest BCUT2D eigenvalue weighted by molar-refractivity contribution is 5.43. The van der Waals surface area contributed by atoms with Gasteiger partial charge in [-0.05, 0) is 37.3 Å². The monoisotopic (exact) mass is 365 g/mol. The van der Waals surface area contributed by atoms with Crippen molar-refractivity contribution in [1.82, 2.24) is 14.9 Å². The number of nitrogens with zero attached hydrogens (tertiary/aromatic N) is 4. The molecule has 1 aromatic heterocycles. The topological polar surface area (TPSA) is 44.3 Å². The zero-order valence-corrected chi connectivity index (χ0v) is 16.2. The average Bonchev–Trinajstić information content (AvgIpc) is 3.00. The van der Waals surface area contributed by atoms with Gasteiger partial charge in [0.15, 0.2) is 0 Å². The lowest BCUT2D eigenvalue weighted by Crippen LogP contribution is -2.39. The molecule has 3 heterocycles. The molecule has 2 saturated heterocycles. The Kier molecular flexibility index (Phi) is 6.20. The van der Waals surface area contributed by atoms with Crippen molar-refractivity contribution in [1.29, 1.82) is 0 Å². The van der Waals surface area contributed by atoms with Crippen LogP contribution in [0.5, 0.6) is 0 Å². The second-order valence-corrected chi connectivity index (χ2v) is 7.82. The Bertz CT molecular complexity index is 689. The Labute approximate surface area is 162 Å². The van der Waals surface area contributed by atoms with Crippen molar-refractivity contribution in [3.8, 4) is 0 Å². The van der Waals surface area contributed by atoms with Crippen LogP contribution in [0.15, 0.2) is 42.6 Å². The lowest BCUT2D eigenvalue weighted by atomic mass is 10.0. The molecule has 0 radical (unpaired) electrons. The third kappa shape index (κ3) is 5.19. The summed E-state index contributed by atoms with van der Waals surface area (Å²) in [6.07, 6.45) is 9.41. The molecule has 27 heavy (non-hydrogen) atoms. The van der Waals surface area contributed by atoms with E-state index in [1.54, 1.807) is 0 Å². The van der Waals surface area contributed by atoms with Crippen molar-refractivity contribution in [2.75, 3.05) is 36.4 Å². The van der Waals surface area contributed by atoms with Crippen LogP contribution in [0, 0.1) is 0 Å². The van der Waals surface area contributed by atoms with Crippen molar-refractivity contribution in [2.24, 2.45) is 0 Å². The molecule has 2 aliphatic rings. The van der Waals surface area contributed by atoms with Gasteiger partial charge in [0, 0.05) is 45.0 Å². The molecule has 0 bridgehead atoms.